The van der Waals surface area contributed by atoms with Crippen LogP contribution in [0.3, 0.4) is 0 Å². The summed E-state index contributed by atoms with van der Waals surface area (Å²) in [6.07, 6.45) is 3.47. The zero-order chi connectivity index (χ0) is 15.8. The van der Waals surface area contributed by atoms with Gasteiger partial charge in [-0.25, -0.2) is 0 Å². The zero-order valence-corrected chi connectivity index (χ0v) is 15.9. The van der Waals surface area contributed by atoms with Gasteiger partial charge in [-0.3, -0.25) is 9.79 Å². The molecule has 1 fully saturated rings. The van der Waals surface area contributed by atoms with Crippen LogP contribution in [0.1, 0.15) is 24.0 Å². The lowest BCUT2D eigenvalue weighted by molar-refractivity contribution is -0.128. The zero-order valence-electron chi connectivity index (χ0n) is 13.5. The molecule has 2 rings (SSSR count). The van der Waals surface area contributed by atoms with Crippen LogP contribution in [-0.4, -0.2) is 36.9 Å². The van der Waals surface area contributed by atoms with E-state index in [9.17, 15) is 4.79 Å². The van der Waals surface area contributed by atoms with Crippen molar-refractivity contribution < 1.29 is 4.79 Å². The number of nitrogens with one attached hydrogen (secondary N) is 2. The molecule has 5 nitrogen and oxygen atoms in total. The Morgan fingerprint density at radius 3 is 2.57 bits per heavy atom. The van der Waals surface area contributed by atoms with Gasteiger partial charge in [0.2, 0.25) is 5.91 Å². The maximum Gasteiger partial charge on any atom is 0.222 e. The molecule has 0 atom stereocenters. The molecule has 0 bridgehead atoms. The van der Waals surface area contributed by atoms with E-state index in [2.05, 4.69) is 46.5 Å². The van der Waals surface area contributed by atoms with E-state index in [4.69, 9.17) is 0 Å². The van der Waals surface area contributed by atoms with Crippen LogP contribution in [0.5, 0.6) is 0 Å². The number of aliphatic imine (C=N–C) groups is 1. The molecule has 1 heterocycles. The Kier molecular flexibility index (Phi) is 8.68. The highest BCUT2D eigenvalue weighted by Gasteiger charge is 2.19. The molecule has 1 amide bonds. The highest BCUT2D eigenvalue weighted by Crippen LogP contribution is 2.14. The normalized spacial score (nSPS) is 14.4. The molecule has 0 aliphatic carbocycles. The molecule has 0 saturated carbocycles. The third kappa shape index (κ3) is 6.21. The lowest BCUT2D eigenvalue weighted by atomic mass is 10.1. The maximum absolute atomic E-state index is 11.6. The molecule has 1 saturated heterocycles. The van der Waals surface area contributed by atoms with Crippen molar-refractivity contribution >= 4 is 35.8 Å². The predicted octanol–water partition coefficient (Wildman–Crippen LogP) is 2.28. The molecule has 1 aliphatic heterocycles. The molecular weight excluding hydrogens is 403 g/mol. The van der Waals surface area contributed by atoms with E-state index in [1.807, 2.05) is 4.90 Å². The number of hydrogen-bond donors (Lipinski definition) is 2. The maximum atomic E-state index is 11.6. The fraction of sp³-hybridized carbons (Fsp3) is 0.412. The molecule has 23 heavy (non-hydrogen) atoms. The van der Waals surface area contributed by atoms with Gasteiger partial charge in [-0.1, -0.05) is 30.3 Å². The molecule has 0 spiro atoms. The number of guanidine groups is 1. The second-order valence-electron chi connectivity index (χ2n) is 5.33. The predicted molar refractivity (Wildman–Crippen MR) is 105 cm³/mol. The van der Waals surface area contributed by atoms with E-state index in [0.29, 0.717) is 19.5 Å². The van der Waals surface area contributed by atoms with Gasteiger partial charge in [-0.15, -0.1) is 30.6 Å². The van der Waals surface area contributed by atoms with Crippen molar-refractivity contribution in [1.29, 1.82) is 0 Å². The van der Waals surface area contributed by atoms with Gasteiger partial charge in [0.15, 0.2) is 5.96 Å². The van der Waals surface area contributed by atoms with Gasteiger partial charge in [0, 0.05) is 39.6 Å². The van der Waals surface area contributed by atoms with E-state index < -0.39 is 0 Å². The standard InChI is InChI=1S/C17H24N4O.HI/c1-3-10-19-17(18-2)20-12-14-6-8-15(9-7-14)13-21-11-4-5-16(21)22;/h3,6-9H,1,4-5,10-13H2,2H3,(H2,18,19,20);1H. The fourth-order valence-electron chi connectivity index (χ4n) is 2.43. The van der Waals surface area contributed by atoms with Crippen LogP contribution in [-0.2, 0) is 17.9 Å². The summed E-state index contributed by atoms with van der Waals surface area (Å²) in [7, 11) is 1.74. The van der Waals surface area contributed by atoms with Crippen LogP contribution in [0.4, 0.5) is 0 Å². The quantitative estimate of drug-likeness (QED) is 0.317. The molecule has 0 unspecified atom stereocenters. The number of nitrogens with zero attached hydrogens (tertiary/aromatic N) is 2. The third-order valence-electron chi connectivity index (χ3n) is 3.67. The van der Waals surface area contributed by atoms with Gasteiger partial charge >= 0.3 is 0 Å². The SMILES string of the molecule is C=CCNC(=NC)NCc1ccc(CN2CCCC2=O)cc1.I. The van der Waals surface area contributed by atoms with Crippen LogP contribution in [0, 0.1) is 0 Å². The van der Waals surface area contributed by atoms with Gasteiger partial charge in [0.25, 0.3) is 0 Å². The third-order valence-corrected chi connectivity index (χ3v) is 3.67. The van der Waals surface area contributed by atoms with E-state index in [1.54, 1.807) is 13.1 Å². The van der Waals surface area contributed by atoms with Crippen molar-refractivity contribution in [3.05, 3.63) is 48.0 Å². The monoisotopic (exact) mass is 428 g/mol. The molecule has 0 aromatic heterocycles. The smallest absolute Gasteiger partial charge is 0.222 e. The average molecular weight is 428 g/mol. The van der Waals surface area contributed by atoms with E-state index >= 15 is 0 Å². The minimum atomic E-state index is 0. The Bertz CT molecular complexity index is 542. The largest absolute Gasteiger partial charge is 0.353 e. The van der Waals surface area contributed by atoms with Crippen molar-refractivity contribution in [3.63, 3.8) is 0 Å². The summed E-state index contributed by atoms with van der Waals surface area (Å²) < 4.78 is 0. The molecule has 126 valence electrons. The Balaban J connectivity index is 0.00000264. The second kappa shape index (κ2) is 10.3. The molecular formula is C17H25IN4O. The summed E-state index contributed by atoms with van der Waals surface area (Å²) >= 11 is 0. The average Bonchev–Trinajstić information content (AvgIpc) is 2.94. The van der Waals surface area contributed by atoms with E-state index in [-0.39, 0.29) is 29.9 Å². The van der Waals surface area contributed by atoms with E-state index in [1.165, 1.54) is 11.1 Å². The van der Waals surface area contributed by atoms with Crippen molar-refractivity contribution in [2.24, 2.45) is 4.99 Å². The Morgan fingerprint density at radius 2 is 2.00 bits per heavy atom. The summed E-state index contributed by atoms with van der Waals surface area (Å²) in [6.45, 7) is 6.66. The van der Waals surface area contributed by atoms with Crippen LogP contribution >= 0.6 is 24.0 Å². The van der Waals surface area contributed by atoms with Crippen molar-refractivity contribution in [1.82, 2.24) is 15.5 Å². The summed E-state index contributed by atoms with van der Waals surface area (Å²) in [4.78, 5) is 17.7. The highest BCUT2D eigenvalue weighted by molar-refractivity contribution is 14.0. The Morgan fingerprint density at radius 1 is 1.30 bits per heavy atom. The number of carbonyl (C=O) groups excluding carboxylic acids is 1. The minimum absolute atomic E-state index is 0. The summed E-state index contributed by atoms with van der Waals surface area (Å²) in [5.74, 6) is 1.02. The molecule has 1 aromatic carbocycles. The lowest BCUT2D eigenvalue weighted by Crippen LogP contribution is -2.36. The number of amides is 1. The molecule has 0 radical (unpaired) electrons. The van der Waals surface area contributed by atoms with Gasteiger partial charge in [0.1, 0.15) is 0 Å². The number of likely N-dealkylation sites (tertiary alicyclic amines) is 1. The number of carbonyl (C=O) groups is 1. The number of rotatable bonds is 6. The first-order chi connectivity index (χ1) is 10.7. The van der Waals surface area contributed by atoms with Crippen LogP contribution < -0.4 is 10.6 Å². The van der Waals surface area contributed by atoms with Crippen molar-refractivity contribution in [2.75, 3.05) is 20.1 Å². The molecule has 6 heteroatoms. The number of hydrogen-bond acceptors (Lipinski definition) is 2. The lowest BCUT2D eigenvalue weighted by Gasteiger charge is -2.16. The van der Waals surface area contributed by atoms with Gasteiger partial charge in [-0.2, -0.15) is 0 Å². The van der Waals surface area contributed by atoms with Gasteiger partial charge in [-0.05, 0) is 17.5 Å². The topological polar surface area (TPSA) is 56.7 Å². The van der Waals surface area contributed by atoms with Crippen LogP contribution in [0.25, 0.3) is 0 Å². The Hall–Kier alpha value is -1.57. The highest BCUT2D eigenvalue weighted by atomic mass is 127. The summed E-state index contributed by atoms with van der Waals surface area (Å²) in [6, 6.07) is 8.35. The van der Waals surface area contributed by atoms with Gasteiger partial charge < -0.3 is 15.5 Å². The minimum Gasteiger partial charge on any atom is -0.353 e. The molecule has 2 N–H and O–H groups in total. The summed E-state index contributed by atoms with van der Waals surface area (Å²) in [5, 5.41) is 6.38. The first kappa shape index (κ1) is 19.5. The molecule has 1 aromatic rings. The first-order valence-electron chi connectivity index (χ1n) is 7.64. The molecule has 1 aliphatic rings. The number of benzene rings is 1. The van der Waals surface area contributed by atoms with Crippen molar-refractivity contribution in [3.8, 4) is 0 Å². The fourth-order valence-corrected chi connectivity index (χ4v) is 2.43. The number of halogens is 1. The van der Waals surface area contributed by atoms with Crippen LogP contribution in [0.2, 0.25) is 0 Å². The van der Waals surface area contributed by atoms with E-state index in [0.717, 1.165) is 25.5 Å². The van der Waals surface area contributed by atoms with Crippen molar-refractivity contribution in [2.45, 2.75) is 25.9 Å². The van der Waals surface area contributed by atoms with Crippen LogP contribution in [0.15, 0.2) is 41.9 Å². The summed E-state index contributed by atoms with van der Waals surface area (Å²) in [5.41, 5.74) is 2.35. The van der Waals surface area contributed by atoms with Gasteiger partial charge in [0.05, 0.1) is 0 Å². The first-order valence-corrected chi connectivity index (χ1v) is 7.64. The Labute approximate surface area is 155 Å². The second-order valence-corrected chi connectivity index (χ2v) is 5.33.